The predicted octanol–water partition coefficient (Wildman–Crippen LogP) is 4.15. The monoisotopic (exact) mass is 496 g/mol. The topological polar surface area (TPSA) is 58.4 Å². The summed E-state index contributed by atoms with van der Waals surface area (Å²) in [6.07, 6.45) is 6.79. The molecule has 0 saturated carbocycles. The summed E-state index contributed by atoms with van der Waals surface area (Å²) in [5.41, 5.74) is 2.28. The van der Waals surface area contributed by atoms with Crippen LogP contribution in [-0.4, -0.2) is 23.6 Å². The highest BCUT2D eigenvalue weighted by Gasteiger charge is 2.00. The van der Waals surface area contributed by atoms with Gasteiger partial charge in [-0.15, -0.1) is 24.0 Å². The Hall–Kier alpha value is -1.83. The molecule has 1 heterocycles. The molecule has 0 aliphatic heterocycles. The maximum atomic E-state index is 11.8. The average Bonchev–Trinajstić information content (AvgIpc) is 2.69. The van der Waals surface area contributed by atoms with E-state index in [1.807, 2.05) is 12.3 Å². The maximum Gasteiger partial charge on any atom is 0.250 e. The van der Waals surface area contributed by atoms with Gasteiger partial charge in [0, 0.05) is 25.4 Å². The Morgan fingerprint density at radius 1 is 0.964 bits per heavy atom. The second kappa shape index (κ2) is 14.2. The standard InChI is InChI=1S/C22H32N4O.HI/c1-3-5-6-8-15-24-22(23-4-2)25-17-19-11-13-20(14-12-19)18-26-16-9-7-10-21(26)27;/h7,9-14,16H,3-6,8,15,17-18H2,1-2H3,(H2,23,24,25);1H. The molecule has 0 radical (unpaired) electrons. The number of pyridine rings is 1. The summed E-state index contributed by atoms with van der Waals surface area (Å²) >= 11 is 0. The van der Waals surface area contributed by atoms with Crippen LogP contribution in [0.5, 0.6) is 0 Å². The maximum absolute atomic E-state index is 11.8. The number of aromatic nitrogens is 1. The largest absolute Gasteiger partial charge is 0.357 e. The Kier molecular flexibility index (Phi) is 12.3. The van der Waals surface area contributed by atoms with E-state index in [-0.39, 0.29) is 29.5 Å². The summed E-state index contributed by atoms with van der Waals surface area (Å²) in [6.45, 7) is 7.33. The molecular weight excluding hydrogens is 463 g/mol. The first-order valence-electron chi connectivity index (χ1n) is 9.98. The van der Waals surface area contributed by atoms with E-state index in [9.17, 15) is 4.79 Å². The van der Waals surface area contributed by atoms with Gasteiger partial charge in [0.15, 0.2) is 5.96 Å². The van der Waals surface area contributed by atoms with Crippen LogP contribution >= 0.6 is 24.0 Å². The molecule has 2 aromatic rings. The van der Waals surface area contributed by atoms with Crippen molar-refractivity contribution in [2.45, 2.75) is 52.6 Å². The van der Waals surface area contributed by atoms with Crippen LogP contribution in [0.2, 0.25) is 0 Å². The van der Waals surface area contributed by atoms with Crippen LogP contribution in [0, 0.1) is 0 Å². The smallest absolute Gasteiger partial charge is 0.250 e. The third-order valence-electron chi connectivity index (χ3n) is 4.36. The van der Waals surface area contributed by atoms with Crippen molar-refractivity contribution in [2.24, 2.45) is 4.99 Å². The SMILES string of the molecule is CCCCCCNC(=NCc1ccc(Cn2ccccc2=O)cc1)NCC.I. The molecule has 5 nitrogen and oxygen atoms in total. The molecule has 2 N–H and O–H groups in total. The summed E-state index contributed by atoms with van der Waals surface area (Å²) < 4.78 is 1.71. The number of nitrogens with one attached hydrogen (secondary N) is 2. The Morgan fingerprint density at radius 3 is 2.39 bits per heavy atom. The molecule has 154 valence electrons. The van der Waals surface area contributed by atoms with Gasteiger partial charge in [0.05, 0.1) is 13.1 Å². The van der Waals surface area contributed by atoms with Crippen LogP contribution in [0.15, 0.2) is 58.4 Å². The van der Waals surface area contributed by atoms with Crippen molar-refractivity contribution in [3.63, 3.8) is 0 Å². The molecule has 2 rings (SSSR count). The summed E-state index contributed by atoms with van der Waals surface area (Å²) in [5.74, 6) is 0.869. The average molecular weight is 496 g/mol. The second-order valence-electron chi connectivity index (χ2n) is 6.67. The number of aliphatic imine (C=N–C) groups is 1. The molecule has 0 spiro atoms. The highest BCUT2D eigenvalue weighted by Crippen LogP contribution is 2.07. The van der Waals surface area contributed by atoms with E-state index in [2.05, 4.69) is 53.7 Å². The van der Waals surface area contributed by atoms with Gasteiger partial charge in [-0.3, -0.25) is 4.79 Å². The first-order valence-corrected chi connectivity index (χ1v) is 9.98. The minimum atomic E-state index is 0. The van der Waals surface area contributed by atoms with Crippen molar-refractivity contribution in [3.8, 4) is 0 Å². The van der Waals surface area contributed by atoms with Crippen LogP contribution in [0.4, 0.5) is 0 Å². The van der Waals surface area contributed by atoms with Gasteiger partial charge in [0.2, 0.25) is 0 Å². The van der Waals surface area contributed by atoms with Crippen LogP contribution in [0.3, 0.4) is 0 Å². The Morgan fingerprint density at radius 2 is 1.71 bits per heavy atom. The molecule has 0 amide bonds. The van der Waals surface area contributed by atoms with Crippen LogP contribution in [0.25, 0.3) is 0 Å². The van der Waals surface area contributed by atoms with E-state index in [0.717, 1.165) is 30.2 Å². The number of guanidine groups is 1. The van der Waals surface area contributed by atoms with Gasteiger partial charge in [0.1, 0.15) is 0 Å². The van der Waals surface area contributed by atoms with Crippen molar-refractivity contribution in [1.82, 2.24) is 15.2 Å². The van der Waals surface area contributed by atoms with Crippen molar-refractivity contribution < 1.29 is 0 Å². The fourth-order valence-electron chi connectivity index (χ4n) is 2.81. The Bertz CT molecular complexity index is 756. The number of rotatable bonds is 10. The highest BCUT2D eigenvalue weighted by atomic mass is 127. The highest BCUT2D eigenvalue weighted by molar-refractivity contribution is 14.0. The van der Waals surface area contributed by atoms with E-state index >= 15 is 0 Å². The fraction of sp³-hybridized carbons (Fsp3) is 0.455. The van der Waals surface area contributed by atoms with Crippen molar-refractivity contribution in [3.05, 3.63) is 70.1 Å². The van der Waals surface area contributed by atoms with Gasteiger partial charge in [-0.2, -0.15) is 0 Å². The van der Waals surface area contributed by atoms with Crippen LogP contribution in [0.1, 0.15) is 50.7 Å². The molecule has 0 unspecified atom stereocenters. The molecule has 1 aromatic heterocycles. The predicted molar refractivity (Wildman–Crippen MR) is 129 cm³/mol. The normalized spacial score (nSPS) is 11.0. The summed E-state index contributed by atoms with van der Waals surface area (Å²) in [7, 11) is 0. The second-order valence-corrected chi connectivity index (χ2v) is 6.67. The van der Waals surface area contributed by atoms with Gasteiger partial charge in [-0.1, -0.05) is 56.5 Å². The van der Waals surface area contributed by atoms with Gasteiger partial charge in [-0.25, -0.2) is 4.99 Å². The lowest BCUT2D eigenvalue weighted by Crippen LogP contribution is -2.37. The fourth-order valence-corrected chi connectivity index (χ4v) is 2.81. The first kappa shape index (κ1) is 24.2. The van der Waals surface area contributed by atoms with Gasteiger partial charge in [-0.05, 0) is 30.5 Å². The molecule has 1 aromatic carbocycles. The molecule has 0 aliphatic carbocycles. The zero-order chi connectivity index (χ0) is 19.3. The zero-order valence-electron chi connectivity index (χ0n) is 17.0. The minimum absolute atomic E-state index is 0. The molecule has 0 fully saturated rings. The first-order chi connectivity index (χ1) is 13.2. The van der Waals surface area contributed by atoms with Crippen molar-refractivity contribution >= 4 is 29.9 Å². The molecule has 0 bridgehead atoms. The zero-order valence-corrected chi connectivity index (χ0v) is 19.3. The number of nitrogens with zero attached hydrogens (tertiary/aromatic N) is 2. The third kappa shape index (κ3) is 8.91. The number of unbranched alkanes of at least 4 members (excludes halogenated alkanes) is 3. The lowest BCUT2D eigenvalue weighted by Gasteiger charge is -2.11. The van der Waals surface area contributed by atoms with E-state index < -0.39 is 0 Å². The molecule has 28 heavy (non-hydrogen) atoms. The summed E-state index contributed by atoms with van der Waals surface area (Å²) in [5, 5.41) is 6.70. The van der Waals surface area contributed by atoms with Gasteiger partial charge in [0.25, 0.3) is 5.56 Å². The molecule has 0 saturated heterocycles. The number of hydrogen-bond acceptors (Lipinski definition) is 2. The number of hydrogen-bond donors (Lipinski definition) is 2. The molecule has 0 aliphatic rings. The van der Waals surface area contributed by atoms with Crippen LogP contribution < -0.4 is 16.2 Å². The summed E-state index contributed by atoms with van der Waals surface area (Å²) in [6, 6.07) is 13.5. The Labute approximate surface area is 185 Å². The minimum Gasteiger partial charge on any atom is -0.357 e. The Balaban J connectivity index is 0.00000392. The van der Waals surface area contributed by atoms with Crippen molar-refractivity contribution in [1.29, 1.82) is 0 Å². The quantitative estimate of drug-likeness (QED) is 0.225. The molecular formula is C22H33IN4O. The lowest BCUT2D eigenvalue weighted by atomic mass is 10.1. The molecule has 0 atom stereocenters. The van der Waals surface area contributed by atoms with Crippen LogP contribution in [-0.2, 0) is 13.1 Å². The van der Waals surface area contributed by atoms with E-state index in [1.165, 1.54) is 25.7 Å². The number of halogens is 1. The molecule has 6 heteroatoms. The number of benzene rings is 1. The van der Waals surface area contributed by atoms with Gasteiger partial charge >= 0.3 is 0 Å². The third-order valence-corrected chi connectivity index (χ3v) is 4.36. The van der Waals surface area contributed by atoms with Crippen molar-refractivity contribution in [2.75, 3.05) is 13.1 Å². The lowest BCUT2D eigenvalue weighted by molar-refractivity contribution is 0.647. The summed E-state index contributed by atoms with van der Waals surface area (Å²) in [4.78, 5) is 16.5. The van der Waals surface area contributed by atoms with E-state index in [0.29, 0.717) is 13.1 Å². The van der Waals surface area contributed by atoms with Gasteiger partial charge < -0.3 is 15.2 Å². The van der Waals surface area contributed by atoms with E-state index in [4.69, 9.17) is 0 Å². The van der Waals surface area contributed by atoms with E-state index in [1.54, 1.807) is 16.7 Å².